The van der Waals surface area contributed by atoms with Gasteiger partial charge in [0.2, 0.25) is 0 Å². The van der Waals surface area contributed by atoms with Crippen LogP contribution in [0.4, 0.5) is 4.79 Å². The average molecular weight is 643 g/mol. The molecule has 206 valence electrons. The number of hydrogen-bond donors (Lipinski definition) is 0. The van der Waals surface area contributed by atoms with E-state index in [9.17, 15) is 9.59 Å². The molecule has 1 aliphatic heterocycles. The van der Waals surface area contributed by atoms with Gasteiger partial charge in [0, 0.05) is 0 Å². The Morgan fingerprint density at radius 1 is 0.895 bits per heavy atom. The van der Waals surface area contributed by atoms with Crippen LogP contribution in [0.3, 0.4) is 0 Å². The molecule has 1 fully saturated rings. The van der Waals surface area contributed by atoms with Crippen molar-refractivity contribution in [3.05, 3.63) is 60.7 Å². The van der Waals surface area contributed by atoms with Crippen LogP contribution < -0.4 is 10.4 Å². The average Bonchev–Trinajstić information content (AvgIpc) is 3.12. The normalized spacial score (nSPS) is 19.1. The third-order valence-electron chi connectivity index (χ3n) is 6.89. The summed E-state index contributed by atoms with van der Waals surface area (Å²) in [7, 11) is -2.80. The standard InChI is InChI=1S/C27H36NO4Si.C4H9.Sn/c1-20-18-21(28(24(20)29)25(30)32-26(2,3)4)19-31-33(27(5,6)7,22-14-10-8-11-15-22)23-16-12-9-13-17-23;1-4(2)3;/h8-17,20-21H,1,18-19H2,2-7H3;1-3H3;/t20?,21-;;/m1../s1. The van der Waals surface area contributed by atoms with Crippen LogP contribution in [0.5, 0.6) is 0 Å². The molecular formula is C31H45NO4SiSn. The molecule has 2 atom stereocenters. The second-order valence-electron chi connectivity index (χ2n) is 13.4. The van der Waals surface area contributed by atoms with E-state index in [0.717, 1.165) is 4.44 Å². The number of imide groups is 1. The van der Waals surface area contributed by atoms with Crippen LogP contribution in [0.1, 0.15) is 68.7 Å². The summed E-state index contributed by atoms with van der Waals surface area (Å²) in [6.45, 7) is 19.3. The van der Waals surface area contributed by atoms with Crippen LogP contribution in [0.2, 0.25) is 12.9 Å². The van der Waals surface area contributed by atoms with E-state index in [4.69, 9.17) is 9.16 Å². The molecular weight excluding hydrogens is 597 g/mol. The predicted octanol–water partition coefficient (Wildman–Crippen LogP) is 6.06. The van der Waals surface area contributed by atoms with Crippen molar-refractivity contribution in [3.63, 3.8) is 0 Å². The summed E-state index contributed by atoms with van der Waals surface area (Å²) in [6.07, 6.45) is 0.0786. The molecule has 2 amide bonds. The zero-order valence-corrected chi connectivity index (χ0v) is 28.5. The maximum absolute atomic E-state index is 13.6. The quantitative estimate of drug-likeness (QED) is 0.345. The van der Waals surface area contributed by atoms with E-state index in [1.54, 1.807) is 0 Å². The van der Waals surface area contributed by atoms with Gasteiger partial charge in [-0.15, -0.1) is 0 Å². The SMILES string of the molecule is CC(C)(C)OC(=O)N1C(=O)C([CH2][Sn][C](C)(C)C)C[C@@H]1CO[Si](c1ccccc1)(c1ccccc1)C(C)(C)C. The summed E-state index contributed by atoms with van der Waals surface area (Å²) in [5, 5.41) is 2.19. The van der Waals surface area contributed by atoms with Crippen molar-refractivity contribution < 1.29 is 18.8 Å². The molecule has 3 rings (SSSR count). The van der Waals surface area contributed by atoms with Crippen molar-refractivity contribution in [1.82, 2.24) is 4.90 Å². The van der Waals surface area contributed by atoms with Crippen molar-refractivity contribution in [1.29, 1.82) is 0 Å². The van der Waals surface area contributed by atoms with Gasteiger partial charge >= 0.3 is 242 Å². The Labute approximate surface area is 241 Å². The van der Waals surface area contributed by atoms with E-state index < -0.39 is 41.2 Å². The summed E-state index contributed by atoms with van der Waals surface area (Å²) < 4.78 is 14.1. The van der Waals surface area contributed by atoms with Gasteiger partial charge in [-0.25, -0.2) is 0 Å². The first-order valence-corrected chi connectivity index (χ1v) is 19.0. The van der Waals surface area contributed by atoms with Crippen molar-refractivity contribution in [2.75, 3.05) is 6.61 Å². The van der Waals surface area contributed by atoms with Gasteiger partial charge < -0.3 is 0 Å². The molecule has 2 radical (unpaired) electrons. The molecule has 0 aromatic heterocycles. The molecule has 0 saturated carbocycles. The van der Waals surface area contributed by atoms with E-state index in [0.29, 0.717) is 13.0 Å². The summed E-state index contributed by atoms with van der Waals surface area (Å²) in [4.78, 5) is 28.4. The van der Waals surface area contributed by atoms with E-state index in [-0.39, 0.29) is 26.3 Å². The van der Waals surface area contributed by atoms with Gasteiger partial charge in [-0.2, -0.15) is 0 Å². The number of carbonyl (C=O) groups is 2. The predicted molar refractivity (Wildman–Crippen MR) is 159 cm³/mol. The first-order valence-electron chi connectivity index (χ1n) is 13.6. The van der Waals surface area contributed by atoms with Crippen molar-refractivity contribution in [3.8, 4) is 0 Å². The van der Waals surface area contributed by atoms with Gasteiger partial charge in [0.05, 0.1) is 0 Å². The first kappa shape index (κ1) is 30.9. The van der Waals surface area contributed by atoms with Gasteiger partial charge in [0.1, 0.15) is 0 Å². The Kier molecular flexibility index (Phi) is 9.63. The fourth-order valence-corrected chi connectivity index (χ4v) is 13.2. The van der Waals surface area contributed by atoms with E-state index in [1.807, 2.05) is 32.9 Å². The number of nitrogens with zero attached hydrogens (tertiary/aromatic N) is 1. The van der Waals surface area contributed by atoms with Crippen LogP contribution in [0.25, 0.3) is 0 Å². The van der Waals surface area contributed by atoms with Gasteiger partial charge in [-0.05, 0) is 0 Å². The third kappa shape index (κ3) is 7.30. The van der Waals surface area contributed by atoms with E-state index >= 15 is 0 Å². The Morgan fingerprint density at radius 2 is 1.39 bits per heavy atom. The van der Waals surface area contributed by atoms with Gasteiger partial charge in [0.25, 0.3) is 0 Å². The molecule has 0 spiro atoms. The van der Waals surface area contributed by atoms with Crippen LogP contribution in [0, 0.1) is 5.92 Å². The molecule has 7 heteroatoms. The number of rotatable bonds is 7. The van der Waals surface area contributed by atoms with E-state index in [2.05, 4.69) is 90.1 Å². The molecule has 38 heavy (non-hydrogen) atoms. The minimum atomic E-state index is -2.80. The summed E-state index contributed by atoms with van der Waals surface area (Å²) >= 11 is -0.809. The van der Waals surface area contributed by atoms with Crippen molar-refractivity contribution in [2.45, 2.75) is 93.3 Å². The molecule has 0 bridgehead atoms. The van der Waals surface area contributed by atoms with Crippen LogP contribution >= 0.6 is 0 Å². The fourth-order valence-electron chi connectivity index (χ4n) is 5.19. The first-order chi connectivity index (χ1) is 17.6. The number of hydrogen-bond acceptors (Lipinski definition) is 4. The Hall–Kier alpha value is -1.64. The third-order valence-corrected chi connectivity index (χ3v) is 16.9. The molecule has 0 N–H and O–H groups in total. The number of benzene rings is 2. The van der Waals surface area contributed by atoms with Crippen LogP contribution in [0.15, 0.2) is 60.7 Å². The van der Waals surface area contributed by atoms with Gasteiger partial charge in [0.15, 0.2) is 0 Å². The summed E-state index contributed by atoms with van der Waals surface area (Å²) in [5.74, 6) is -0.235. The number of ether oxygens (including phenoxy) is 1. The van der Waals surface area contributed by atoms with Gasteiger partial charge in [-0.1, -0.05) is 0 Å². The maximum atomic E-state index is 13.6. The second kappa shape index (κ2) is 11.8. The minimum absolute atomic E-state index is 0.0968. The van der Waals surface area contributed by atoms with Gasteiger partial charge in [-0.3, -0.25) is 0 Å². The topological polar surface area (TPSA) is 55.8 Å². The monoisotopic (exact) mass is 643 g/mol. The fraction of sp³-hybridized carbons (Fsp3) is 0.548. The molecule has 1 unspecified atom stereocenters. The van der Waals surface area contributed by atoms with Crippen LogP contribution in [-0.2, 0) is 14.0 Å². The molecule has 0 aliphatic carbocycles. The summed E-state index contributed by atoms with van der Waals surface area (Å²) in [5.41, 5.74) is -0.680. The van der Waals surface area contributed by atoms with Crippen molar-refractivity contribution >= 4 is 51.8 Å². The zero-order chi connectivity index (χ0) is 28.4. The molecule has 5 nitrogen and oxygen atoms in total. The Bertz CT molecular complexity index is 1050. The van der Waals surface area contributed by atoms with Crippen LogP contribution in [-0.4, -0.2) is 64.6 Å². The number of carbonyl (C=O) groups excluding carboxylic acids is 2. The van der Waals surface area contributed by atoms with E-state index in [1.165, 1.54) is 15.3 Å². The molecule has 1 aliphatic rings. The summed E-state index contributed by atoms with van der Waals surface area (Å²) in [6, 6.07) is 20.6. The molecule has 1 saturated heterocycles. The number of likely N-dealkylation sites (tertiary alicyclic amines) is 1. The Balaban J connectivity index is 2.00. The van der Waals surface area contributed by atoms with Crippen molar-refractivity contribution in [2.24, 2.45) is 5.92 Å². The molecule has 2 aromatic rings. The number of amides is 2. The second-order valence-corrected chi connectivity index (χ2v) is 24.1. The molecule has 1 heterocycles. The zero-order valence-electron chi connectivity index (χ0n) is 24.6. The Morgan fingerprint density at radius 3 is 1.82 bits per heavy atom. The molecule has 2 aromatic carbocycles.